The monoisotopic (exact) mass is 330 g/mol. The van der Waals surface area contributed by atoms with Gasteiger partial charge in [0, 0.05) is 19.6 Å². The SMILES string of the molecule is COC(=O)NCCN(CCc1ccc(OC)cc1)S(C)(=O)=O. The molecule has 0 radical (unpaired) electrons. The molecule has 7 nitrogen and oxygen atoms in total. The van der Waals surface area contributed by atoms with Crippen LogP contribution in [-0.2, 0) is 21.2 Å². The fraction of sp³-hybridized carbons (Fsp3) is 0.500. The average molecular weight is 330 g/mol. The maximum Gasteiger partial charge on any atom is 0.406 e. The molecular weight excluding hydrogens is 308 g/mol. The van der Waals surface area contributed by atoms with Crippen molar-refractivity contribution in [2.45, 2.75) is 6.42 Å². The molecule has 0 heterocycles. The Morgan fingerprint density at radius 2 is 1.82 bits per heavy atom. The van der Waals surface area contributed by atoms with Gasteiger partial charge in [0.05, 0.1) is 20.5 Å². The third-order valence-electron chi connectivity index (χ3n) is 3.09. The number of nitrogens with one attached hydrogen (secondary N) is 1. The molecule has 1 aromatic rings. The van der Waals surface area contributed by atoms with E-state index in [0.717, 1.165) is 17.6 Å². The maximum absolute atomic E-state index is 11.8. The number of benzene rings is 1. The molecule has 1 rings (SSSR count). The summed E-state index contributed by atoms with van der Waals surface area (Å²) in [6.07, 6.45) is 1.15. The van der Waals surface area contributed by atoms with Crippen LogP contribution in [0.1, 0.15) is 5.56 Å². The molecule has 8 heteroatoms. The molecule has 1 amide bonds. The van der Waals surface area contributed by atoms with Crippen molar-refractivity contribution < 1.29 is 22.7 Å². The van der Waals surface area contributed by atoms with Crippen LogP contribution in [0.4, 0.5) is 4.79 Å². The number of sulfonamides is 1. The number of carbonyl (C=O) groups excluding carboxylic acids is 1. The van der Waals surface area contributed by atoms with Gasteiger partial charge in [0.25, 0.3) is 0 Å². The van der Waals surface area contributed by atoms with Crippen molar-refractivity contribution in [2.75, 3.05) is 40.1 Å². The van der Waals surface area contributed by atoms with Gasteiger partial charge in [-0.1, -0.05) is 12.1 Å². The first-order chi connectivity index (χ1) is 10.4. The van der Waals surface area contributed by atoms with E-state index in [9.17, 15) is 13.2 Å². The first-order valence-electron chi connectivity index (χ1n) is 6.76. The quantitative estimate of drug-likeness (QED) is 0.764. The lowest BCUT2D eigenvalue weighted by atomic mass is 10.1. The van der Waals surface area contributed by atoms with Gasteiger partial charge in [0.2, 0.25) is 10.0 Å². The predicted molar refractivity (Wildman–Crippen MR) is 83.5 cm³/mol. The first-order valence-corrected chi connectivity index (χ1v) is 8.61. The highest BCUT2D eigenvalue weighted by atomic mass is 32.2. The summed E-state index contributed by atoms with van der Waals surface area (Å²) in [5, 5.41) is 2.46. The van der Waals surface area contributed by atoms with Gasteiger partial charge in [-0.25, -0.2) is 17.5 Å². The van der Waals surface area contributed by atoms with E-state index in [4.69, 9.17) is 4.74 Å². The number of ether oxygens (including phenoxy) is 2. The Labute approximate surface area is 131 Å². The van der Waals surface area contributed by atoms with Gasteiger partial charge in [-0.3, -0.25) is 0 Å². The highest BCUT2D eigenvalue weighted by Crippen LogP contribution is 2.12. The van der Waals surface area contributed by atoms with Gasteiger partial charge >= 0.3 is 6.09 Å². The molecular formula is C14H22N2O5S. The van der Waals surface area contributed by atoms with E-state index < -0.39 is 16.1 Å². The van der Waals surface area contributed by atoms with Crippen LogP contribution in [0.3, 0.4) is 0 Å². The Morgan fingerprint density at radius 3 is 2.32 bits per heavy atom. The molecule has 0 saturated carbocycles. The van der Waals surface area contributed by atoms with Crippen molar-refractivity contribution in [1.29, 1.82) is 0 Å². The van der Waals surface area contributed by atoms with Crippen molar-refractivity contribution in [2.24, 2.45) is 0 Å². The summed E-state index contributed by atoms with van der Waals surface area (Å²) in [6, 6.07) is 7.45. The van der Waals surface area contributed by atoms with Crippen LogP contribution in [0.15, 0.2) is 24.3 Å². The minimum atomic E-state index is -3.34. The van der Waals surface area contributed by atoms with Crippen LogP contribution >= 0.6 is 0 Å². The van der Waals surface area contributed by atoms with Crippen molar-refractivity contribution >= 4 is 16.1 Å². The smallest absolute Gasteiger partial charge is 0.406 e. The molecule has 0 aliphatic rings. The van der Waals surface area contributed by atoms with E-state index in [2.05, 4.69) is 10.1 Å². The molecule has 0 atom stereocenters. The third kappa shape index (κ3) is 6.31. The van der Waals surface area contributed by atoms with Crippen LogP contribution in [0.5, 0.6) is 5.75 Å². The topological polar surface area (TPSA) is 84.9 Å². The highest BCUT2D eigenvalue weighted by molar-refractivity contribution is 7.88. The summed E-state index contributed by atoms with van der Waals surface area (Å²) in [5.41, 5.74) is 1.01. The zero-order valence-electron chi connectivity index (χ0n) is 13.0. The highest BCUT2D eigenvalue weighted by Gasteiger charge is 2.16. The second-order valence-corrected chi connectivity index (χ2v) is 6.66. The van der Waals surface area contributed by atoms with Crippen LogP contribution in [-0.4, -0.2) is 58.9 Å². The Balaban J connectivity index is 2.56. The van der Waals surface area contributed by atoms with Crippen LogP contribution in [0.25, 0.3) is 0 Å². The minimum absolute atomic E-state index is 0.197. The number of amides is 1. The molecule has 0 fully saturated rings. The summed E-state index contributed by atoms with van der Waals surface area (Å²) >= 11 is 0. The van der Waals surface area contributed by atoms with E-state index in [1.807, 2.05) is 24.3 Å². The molecule has 1 aromatic carbocycles. The van der Waals surface area contributed by atoms with Gasteiger partial charge in [-0.2, -0.15) is 0 Å². The number of hydrogen-bond acceptors (Lipinski definition) is 5. The third-order valence-corrected chi connectivity index (χ3v) is 4.40. The standard InChI is InChI=1S/C14H22N2O5S/c1-20-13-6-4-12(5-7-13)8-10-16(22(3,18)19)11-9-15-14(17)21-2/h4-7H,8-11H2,1-3H3,(H,15,17). The maximum atomic E-state index is 11.8. The molecule has 0 spiro atoms. The Hall–Kier alpha value is -1.80. The van der Waals surface area contributed by atoms with Crippen LogP contribution in [0.2, 0.25) is 0 Å². The second-order valence-electron chi connectivity index (χ2n) is 4.68. The van der Waals surface area contributed by atoms with Crippen LogP contribution < -0.4 is 10.1 Å². The van der Waals surface area contributed by atoms with Crippen molar-refractivity contribution in [3.8, 4) is 5.75 Å². The summed E-state index contributed by atoms with van der Waals surface area (Å²) in [7, 11) is -0.487. The first kappa shape index (κ1) is 18.2. The molecule has 0 aromatic heterocycles. The number of rotatable bonds is 8. The van der Waals surface area contributed by atoms with E-state index in [1.54, 1.807) is 7.11 Å². The van der Waals surface area contributed by atoms with E-state index in [0.29, 0.717) is 13.0 Å². The number of hydrogen-bond donors (Lipinski definition) is 1. The predicted octanol–water partition coefficient (Wildman–Crippen LogP) is 0.855. The van der Waals surface area contributed by atoms with Gasteiger partial charge in [0.15, 0.2) is 0 Å². The van der Waals surface area contributed by atoms with E-state index in [-0.39, 0.29) is 13.1 Å². The molecule has 1 N–H and O–H groups in total. The molecule has 0 unspecified atom stereocenters. The Kier molecular flexibility index (Phi) is 7.13. The second kappa shape index (κ2) is 8.60. The van der Waals surface area contributed by atoms with E-state index in [1.165, 1.54) is 11.4 Å². The number of alkyl carbamates (subject to hydrolysis) is 1. The molecule has 124 valence electrons. The summed E-state index contributed by atoms with van der Waals surface area (Å²) in [6.45, 7) is 0.737. The molecule has 22 heavy (non-hydrogen) atoms. The van der Waals surface area contributed by atoms with Gasteiger partial charge in [-0.15, -0.1) is 0 Å². The molecule has 0 aliphatic heterocycles. The fourth-order valence-corrected chi connectivity index (χ4v) is 2.69. The molecule has 0 bridgehead atoms. The lowest BCUT2D eigenvalue weighted by Gasteiger charge is -2.20. The zero-order chi connectivity index (χ0) is 16.6. The number of carbonyl (C=O) groups is 1. The van der Waals surface area contributed by atoms with Crippen molar-refractivity contribution in [1.82, 2.24) is 9.62 Å². The molecule has 0 saturated heterocycles. The fourth-order valence-electron chi connectivity index (χ4n) is 1.84. The molecule has 0 aliphatic carbocycles. The lowest BCUT2D eigenvalue weighted by Crippen LogP contribution is -2.39. The summed E-state index contributed by atoms with van der Waals surface area (Å²) in [5.74, 6) is 0.756. The van der Waals surface area contributed by atoms with E-state index >= 15 is 0 Å². The van der Waals surface area contributed by atoms with Gasteiger partial charge < -0.3 is 14.8 Å². The number of methoxy groups -OCH3 is 2. The summed E-state index contributed by atoms with van der Waals surface area (Å²) in [4.78, 5) is 11.0. The average Bonchev–Trinajstić information content (AvgIpc) is 2.49. The summed E-state index contributed by atoms with van der Waals surface area (Å²) < 4.78 is 34.4. The minimum Gasteiger partial charge on any atom is -0.497 e. The van der Waals surface area contributed by atoms with Crippen LogP contribution in [0, 0.1) is 0 Å². The number of nitrogens with zero attached hydrogens (tertiary/aromatic N) is 1. The Bertz CT molecular complexity index is 571. The normalized spacial score (nSPS) is 11.3. The lowest BCUT2D eigenvalue weighted by molar-refractivity contribution is 0.170. The Morgan fingerprint density at radius 1 is 1.18 bits per heavy atom. The van der Waals surface area contributed by atoms with Gasteiger partial charge in [0.1, 0.15) is 5.75 Å². The van der Waals surface area contributed by atoms with Crippen molar-refractivity contribution in [3.63, 3.8) is 0 Å². The van der Waals surface area contributed by atoms with Gasteiger partial charge in [-0.05, 0) is 24.1 Å². The van der Waals surface area contributed by atoms with Crippen molar-refractivity contribution in [3.05, 3.63) is 29.8 Å². The zero-order valence-corrected chi connectivity index (χ0v) is 13.9. The largest absolute Gasteiger partial charge is 0.497 e.